The van der Waals surface area contributed by atoms with Gasteiger partial charge in [-0.15, -0.1) is 0 Å². The van der Waals surface area contributed by atoms with Gasteiger partial charge < -0.3 is 18.6 Å². The molecular formula is C24H21ClN2O4. The van der Waals surface area contributed by atoms with Gasteiger partial charge in [-0.2, -0.15) is 0 Å². The molecule has 0 aliphatic rings. The third-order valence-corrected chi connectivity index (χ3v) is 4.93. The molecule has 0 fully saturated rings. The molecule has 4 aromatic rings. The Hall–Kier alpha value is -3.51. The minimum absolute atomic E-state index is 0.226. The van der Waals surface area contributed by atoms with Crippen LogP contribution in [0.3, 0.4) is 0 Å². The molecule has 7 heteroatoms. The van der Waals surface area contributed by atoms with Crippen LogP contribution in [0.25, 0.3) is 11.3 Å². The molecule has 0 aliphatic carbocycles. The molecule has 0 aliphatic heterocycles. The Morgan fingerprint density at radius 3 is 2.52 bits per heavy atom. The van der Waals surface area contributed by atoms with E-state index in [4.69, 9.17) is 25.3 Å². The number of halogens is 1. The van der Waals surface area contributed by atoms with Gasteiger partial charge in [-0.05, 0) is 61.0 Å². The summed E-state index contributed by atoms with van der Waals surface area (Å²) >= 11 is 5.98. The first kappa shape index (κ1) is 20.8. The van der Waals surface area contributed by atoms with Crippen molar-refractivity contribution in [2.75, 3.05) is 6.61 Å². The van der Waals surface area contributed by atoms with Crippen molar-refractivity contribution < 1.29 is 18.5 Å². The van der Waals surface area contributed by atoms with Crippen molar-refractivity contribution >= 4 is 17.5 Å². The Morgan fingerprint density at radius 2 is 1.84 bits per heavy atom. The van der Waals surface area contributed by atoms with Crippen molar-refractivity contribution in [1.82, 2.24) is 10.1 Å². The summed E-state index contributed by atoms with van der Waals surface area (Å²) in [5.74, 6) is 1.70. The van der Waals surface area contributed by atoms with Gasteiger partial charge >= 0.3 is 0 Å². The van der Waals surface area contributed by atoms with Gasteiger partial charge in [0.2, 0.25) is 0 Å². The Balaban J connectivity index is 1.55. The van der Waals surface area contributed by atoms with Crippen LogP contribution in [0.2, 0.25) is 5.02 Å². The zero-order valence-corrected chi connectivity index (χ0v) is 17.7. The molecular weight excluding hydrogens is 416 g/mol. The predicted molar refractivity (Wildman–Crippen MR) is 117 cm³/mol. The van der Waals surface area contributed by atoms with Gasteiger partial charge in [-0.1, -0.05) is 28.9 Å². The third kappa shape index (κ3) is 5.16. The Bertz CT molecular complexity index is 1120. The van der Waals surface area contributed by atoms with Gasteiger partial charge in [-0.25, -0.2) is 0 Å². The van der Waals surface area contributed by atoms with Gasteiger partial charge in [0.05, 0.1) is 19.4 Å². The average Bonchev–Trinajstić information content (AvgIpc) is 3.47. The molecule has 1 amide bonds. The normalized spacial score (nSPS) is 10.8. The fourth-order valence-electron chi connectivity index (χ4n) is 3.16. The Kier molecular flexibility index (Phi) is 6.38. The van der Waals surface area contributed by atoms with E-state index < -0.39 is 0 Å². The van der Waals surface area contributed by atoms with Gasteiger partial charge in [-0.3, -0.25) is 4.79 Å². The lowest BCUT2D eigenvalue weighted by Crippen LogP contribution is -2.30. The third-order valence-electron chi connectivity index (χ3n) is 4.68. The number of furan rings is 1. The molecule has 0 saturated carbocycles. The minimum Gasteiger partial charge on any atom is -0.494 e. The zero-order chi connectivity index (χ0) is 21.6. The van der Waals surface area contributed by atoms with Gasteiger partial charge in [0.15, 0.2) is 11.5 Å². The number of hydrogen-bond acceptors (Lipinski definition) is 5. The second kappa shape index (κ2) is 9.53. The predicted octanol–water partition coefficient (Wildman–Crippen LogP) is 5.83. The maximum Gasteiger partial charge on any atom is 0.276 e. The lowest BCUT2D eigenvalue weighted by molar-refractivity contribution is 0.0707. The largest absolute Gasteiger partial charge is 0.494 e. The van der Waals surface area contributed by atoms with E-state index in [0.29, 0.717) is 36.2 Å². The quantitative estimate of drug-likeness (QED) is 0.347. The van der Waals surface area contributed by atoms with Crippen LogP contribution in [0, 0.1) is 0 Å². The van der Waals surface area contributed by atoms with E-state index in [1.165, 1.54) is 0 Å². The summed E-state index contributed by atoms with van der Waals surface area (Å²) in [6.45, 7) is 3.21. The molecule has 0 unspecified atom stereocenters. The Labute approximate surface area is 185 Å². The molecule has 158 valence electrons. The van der Waals surface area contributed by atoms with Crippen LogP contribution in [0.15, 0.2) is 81.9 Å². The summed E-state index contributed by atoms with van der Waals surface area (Å²) in [6, 6.07) is 20.1. The van der Waals surface area contributed by atoms with Crippen LogP contribution in [0.4, 0.5) is 0 Å². The molecule has 0 bridgehead atoms. The van der Waals surface area contributed by atoms with Crippen molar-refractivity contribution in [2.24, 2.45) is 0 Å². The number of aromatic nitrogens is 1. The average molecular weight is 437 g/mol. The monoisotopic (exact) mass is 436 g/mol. The topological polar surface area (TPSA) is 68.7 Å². The maximum absolute atomic E-state index is 13.2. The van der Waals surface area contributed by atoms with Crippen molar-refractivity contribution in [3.05, 3.63) is 95.0 Å². The number of rotatable bonds is 8. The molecule has 2 heterocycles. The number of carbonyl (C=O) groups is 1. The van der Waals surface area contributed by atoms with E-state index >= 15 is 0 Å². The number of nitrogens with zero attached hydrogens (tertiary/aromatic N) is 2. The van der Waals surface area contributed by atoms with Crippen LogP contribution in [0.5, 0.6) is 5.75 Å². The van der Waals surface area contributed by atoms with E-state index in [9.17, 15) is 4.79 Å². The van der Waals surface area contributed by atoms with Crippen LogP contribution < -0.4 is 4.74 Å². The fourth-order valence-corrected chi connectivity index (χ4v) is 3.28. The number of ether oxygens (including phenoxy) is 1. The van der Waals surface area contributed by atoms with Crippen molar-refractivity contribution in [3.8, 4) is 17.1 Å². The number of hydrogen-bond donors (Lipinski definition) is 0. The van der Waals surface area contributed by atoms with Crippen LogP contribution in [0.1, 0.15) is 28.7 Å². The standard InChI is InChI=1S/C24H21ClN2O4/c1-2-29-20-11-7-18(8-12-20)23-14-22(26-31-23)24(28)27(16-21-4-3-13-30-21)15-17-5-9-19(25)10-6-17/h3-14H,2,15-16H2,1H3. The summed E-state index contributed by atoms with van der Waals surface area (Å²) < 4.78 is 16.3. The minimum atomic E-state index is -0.257. The lowest BCUT2D eigenvalue weighted by Gasteiger charge is -2.20. The smallest absolute Gasteiger partial charge is 0.276 e. The van der Waals surface area contributed by atoms with E-state index in [2.05, 4.69) is 5.16 Å². The SMILES string of the molecule is CCOc1ccc(-c2cc(C(=O)N(Cc3ccc(Cl)cc3)Cc3ccco3)no2)cc1. The lowest BCUT2D eigenvalue weighted by atomic mass is 10.1. The van der Waals surface area contributed by atoms with E-state index in [0.717, 1.165) is 16.9 Å². The molecule has 0 spiro atoms. The highest BCUT2D eigenvalue weighted by Crippen LogP contribution is 2.24. The first-order chi connectivity index (χ1) is 15.1. The first-order valence-electron chi connectivity index (χ1n) is 9.88. The van der Waals surface area contributed by atoms with Crippen molar-refractivity contribution in [1.29, 1.82) is 0 Å². The number of amides is 1. The van der Waals surface area contributed by atoms with Crippen molar-refractivity contribution in [2.45, 2.75) is 20.0 Å². The highest BCUT2D eigenvalue weighted by atomic mass is 35.5. The summed E-state index contributed by atoms with van der Waals surface area (Å²) in [5, 5.41) is 4.65. The molecule has 2 aromatic heterocycles. The number of benzene rings is 2. The molecule has 4 rings (SSSR count). The zero-order valence-electron chi connectivity index (χ0n) is 17.0. The molecule has 6 nitrogen and oxygen atoms in total. The second-order valence-electron chi connectivity index (χ2n) is 6.90. The molecule has 0 saturated heterocycles. The van der Waals surface area contributed by atoms with Gasteiger partial charge in [0.25, 0.3) is 5.91 Å². The van der Waals surface area contributed by atoms with Crippen LogP contribution in [-0.4, -0.2) is 22.6 Å². The summed E-state index contributed by atoms with van der Waals surface area (Å²) in [6.07, 6.45) is 1.58. The highest BCUT2D eigenvalue weighted by Gasteiger charge is 2.22. The van der Waals surface area contributed by atoms with E-state index in [-0.39, 0.29) is 11.6 Å². The first-order valence-corrected chi connectivity index (χ1v) is 10.3. The molecule has 2 aromatic carbocycles. The maximum atomic E-state index is 13.2. The fraction of sp³-hybridized carbons (Fsp3) is 0.167. The summed E-state index contributed by atoms with van der Waals surface area (Å²) in [7, 11) is 0. The van der Waals surface area contributed by atoms with E-state index in [1.54, 1.807) is 35.4 Å². The highest BCUT2D eigenvalue weighted by molar-refractivity contribution is 6.30. The molecule has 0 atom stereocenters. The molecule has 0 radical (unpaired) electrons. The summed E-state index contributed by atoms with van der Waals surface area (Å²) in [5.41, 5.74) is 1.98. The van der Waals surface area contributed by atoms with Crippen LogP contribution >= 0.6 is 11.6 Å². The molecule has 0 N–H and O–H groups in total. The Morgan fingerprint density at radius 1 is 1.06 bits per heavy atom. The van der Waals surface area contributed by atoms with Crippen LogP contribution in [-0.2, 0) is 13.1 Å². The molecule has 31 heavy (non-hydrogen) atoms. The van der Waals surface area contributed by atoms with E-state index in [1.807, 2.05) is 49.4 Å². The van der Waals surface area contributed by atoms with Gasteiger partial charge in [0.1, 0.15) is 11.5 Å². The van der Waals surface area contributed by atoms with Gasteiger partial charge in [0, 0.05) is 23.2 Å². The number of carbonyl (C=O) groups excluding carboxylic acids is 1. The second-order valence-corrected chi connectivity index (χ2v) is 7.34. The summed E-state index contributed by atoms with van der Waals surface area (Å²) in [4.78, 5) is 14.9. The van der Waals surface area contributed by atoms with Crippen molar-refractivity contribution in [3.63, 3.8) is 0 Å².